The molecule has 0 unspecified atom stereocenters. The van der Waals surface area contributed by atoms with Gasteiger partial charge < -0.3 is 0 Å². The van der Waals surface area contributed by atoms with E-state index in [1.54, 1.807) is 0 Å². The van der Waals surface area contributed by atoms with Crippen LogP contribution in [0.3, 0.4) is 0 Å². The summed E-state index contributed by atoms with van der Waals surface area (Å²) in [6.07, 6.45) is 8.23. The van der Waals surface area contributed by atoms with Crippen LogP contribution < -0.4 is 0 Å². The summed E-state index contributed by atoms with van der Waals surface area (Å²) in [6, 6.07) is 18.4. The minimum Gasteiger partial charge on any atom is -0.214 e. The maximum Gasteiger partial charge on any atom is 2.00 e. The zero-order chi connectivity index (χ0) is 11.5. The third kappa shape index (κ3) is 9.06. The smallest absolute Gasteiger partial charge is 0.214 e. The van der Waals surface area contributed by atoms with Gasteiger partial charge in [-0.1, -0.05) is 26.2 Å². The summed E-state index contributed by atoms with van der Waals surface area (Å²) in [7, 11) is 0. The van der Waals surface area contributed by atoms with E-state index >= 15 is 0 Å². The van der Waals surface area contributed by atoms with Gasteiger partial charge in [0.1, 0.15) is 0 Å². The Labute approximate surface area is 124 Å². The molecule has 2 aromatic rings. The molecule has 0 radical (unpaired) electrons. The number of unbranched alkanes of at least 4 members (excludes halogenated alkanes) is 2. The van der Waals surface area contributed by atoms with E-state index in [0.717, 1.165) is 0 Å². The van der Waals surface area contributed by atoms with E-state index in [-0.39, 0.29) is 26.2 Å². The summed E-state index contributed by atoms with van der Waals surface area (Å²) in [5.41, 5.74) is 1.32. The second-order valence-electron chi connectivity index (χ2n) is 3.73. The van der Waals surface area contributed by atoms with E-state index in [1.807, 2.05) is 30.3 Å². The number of rotatable bonds is 4. The molecule has 0 aliphatic heterocycles. The van der Waals surface area contributed by atoms with Crippen molar-refractivity contribution < 1.29 is 26.2 Å². The molecule has 0 nitrogen and oxygen atoms in total. The van der Waals surface area contributed by atoms with Crippen LogP contribution in [0.15, 0.2) is 60.7 Å². The minimum absolute atomic E-state index is 0. The van der Waals surface area contributed by atoms with E-state index in [2.05, 4.69) is 43.3 Å². The number of hydrogen-bond donors (Lipinski definition) is 0. The molecular formula is C16H20Zr. The quantitative estimate of drug-likeness (QED) is 0.550. The van der Waals surface area contributed by atoms with E-state index in [9.17, 15) is 0 Å². The Morgan fingerprint density at radius 1 is 1.06 bits per heavy atom. The first kappa shape index (κ1) is 16.3. The van der Waals surface area contributed by atoms with Gasteiger partial charge in [-0.2, -0.15) is 36.4 Å². The summed E-state index contributed by atoms with van der Waals surface area (Å²) in [6.45, 7) is 2.22. The molecule has 0 saturated heterocycles. The molecule has 2 aromatic carbocycles. The molecule has 17 heavy (non-hydrogen) atoms. The van der Waals surface area contributed by atoms with Crippen LogP contribution >= 0.6 is 0 Å². The average molecular weight is 304 g/mol. The van der Waals surface area contributed by atoms with Crippen LogP contribution in [-0.2, 0) is 26.2 Å². The maximum atomic E-state index is 2.25. The van der Waals surface area contributed by atoms with Crippen molar-refractivity contribution in [3.05, 3.63) is 66.2 Å². The molecule has 0 atom stereocenters. The molecule has 0 spiro atoms. The number of allylic oxidation sites excluding steroid dienone is 1. The third-order valence-electron chi connectivity index (χ3n) is 2.28. The van der Waals surface area contributed by atoms with Crippen molar-refractivity contribution in [2.75, 3.05) is 0 Å². The van der Waals surface area contributed by atoms with Gasteiger partial charge in [-0.05, 0) is 0 Å². The van der Waals surface area contributed by atoms with Gasteiger partial charge >= 0.3 is 26.2 Å². The van der Waals surface area contributed by atoms with Crippen LogP contribution in [0.2, 0.25) is 0 Å². The fourth-order valence-corrected chi connectivity index (χ4v) is 1.36. The first-order valence-corrected chi connectivity index (χ1v) is 5.98. The molecule has 0 saturated carbocycles. The van der Waals surface area contributed by atoms with Crippen LogP contribution in [0.5, 0.6) is 0 Å². The van der Waals surface area contributed by atoms with Crippen LogP contribution in [0.1, 0.15) is 31.7 Å². The summed E-state index contributed by atoms with van der Waals surface area (Å²) >= 11 is 0. The average Bonchev–Trinajstić information content (AvgIpc) is 2.99. The molecule has 0 heterocycles. The standard InChI is InChI=1S/C11H15.C5H5.Zr/c1-2-3-4-5-8-11-9-6-7-10-11;1-2-4-5-3-1;/h5-10H,2-4H2,1H3;1-5H;/q2*-1;+2/b8-5+;;. The largest absolute Gasteiger partial charge is 2.00 e. The van der Waals surface area contributed by atoms with Crippen molar-refractivity contribution >= 4 is 6.08 Å². The Balaban J connectivity index is 0.000000360. The van der Waals surface area contributed by atoms with Crippen LogP contribution in [0.4, 0.5) is 0 Å². The van der Waals surface area contributed by atoms with Gasteiger partial charge in [0, 0.05) is 0 Å². The molecule has 0 N–H and O–H groups in total. The predicted molar refractivity (Wildman–Crippen MR) is 72.6 cm³/mol. The molecule has 0 fully saturated rings. The molecule has 2 rings (SSSR count). The minimum atomic E-state index is 0. The second kappa shape index (κ2) is 11.8. The summed E-state index contributed by atoms with van der Waals surface area (Å²) in [5, 5.41) is 0. The van der Waals surface area contributed by atoms with E-state index in [0.29, 0.717) is 0 Å². The molecular weight excluding hydrogens is 283 g/mol. The first-order valence-electron chi connectivity index (χ1n) is 5.98. The van der Waals surface area contributed by atoms with Crippen molar-refractivity contribution in [1.82, 2.24) is 0 Å². The fraction of sp³-hybridized carbons (Fsp3) is 0.250. The van der Waals surface area contributed by atoms with Crippen LogP contribution in [-0.4, -0.2) is 0 Å². The Hall–Kier alpha value is -0.677. The topological polar surface area (TPSA) is 0 Å². The fourth-order valence-electron chi connectivity index (χ4n) is 1.36. The Morgan fingerprint density at radius 3 is 2.18 bits per heavy atom. The number of hydrogen-bond acceptors (Lipinski definition) is 0. The zero-order valence-corrected chi connectivity index (χ0v) is 12.9. The zero-order valence-electron chi connectivity index (χ0n) is 10.5. The molecule has 0 aliphatic carbocycles. The van der Waals surface area contributed by atoms with Gasteiger partial charge in [0.25, 0.3) is 0 Å². The molecule has 0 amide bonds. The van der Waals surface area contributed by atoms with Crippen molar-refractivity contribution in [3.63, 3.8) is 0 Å². The third-order valence-corrected chi connectivity index (χ3v) is 2.28. The molecule has 0 bridgehead atoms. The van der Waals surface area contributed by atoms with Gasteiger partial charge in [0.2, 0.25) is 0 Å². The van der Waals surface area contributed by atoms with Crippen molar-refractivity contribution in [1.29, 1.82) is 0 Å². The SMILES string of the molecule is CCCC/C=C/[c-]1cccc1.[Zr+2].c1cc[cH-]c1. The van der Waals surface area contributed by atoms with Gasteiger partial charge in [0.15, 0.2) is 0 Å². The van der Waals surface area contributed by atoms with Gasteiger partial charge in [-0.3, -0.25) is 0 Å². The molecule has 0 aliphatic rings. The maximum absolute atomic E-state index is 2.25. The second-order valence-corrected chi connectivity index (χ2v) is 3.73. The van der Waals surface area contributed by atoms with Crippen LogP contribution in [0.25, 0.3) is 6.08 Å². The van der Waals surface area contributed by atoms with Crippen molar-refractivity contribution in [2.45, 2.75) is 26.2 Å². The summed E-state index contributed by atoms with van der Waals surface area (Å²) < 4.78 is 0. The summed E-state index contributed by atoms with van der Waals surface area (Å²) in [4.78, 5) is 0. The predicted octanol–water partition coefficient (Wildman–Crippen LogP) is 5.01. The van der Waals surface area contributed by atoms with Gasteiger partial charge in [-0.15, -0.1) is 23.8 Å². The molecule has 88 valence electrons. The van der Waals surface area contributed by atoms with Gasteiger partial charge in [0.05, 0.1) is 0 Å². The van der Waals surface area contributed by atoms with E-state index in [4.69, 9.17) is 0 Å². The van der Waals surface area contributed by atoms with E-state index < -0.39 is 0 Å². The molecule has 1 heteroatoms. The normalized spacial score (nSPS) is 9.47. The molecule has 0 aromatic heterocycles. The Morgan fingerprint density at radius 2 is 1.71 bits per heavy atom. The van der Waals surface area contributed by atoms with E-state index in [1.165, 1.54) is 24.8 Å². The van der Waals surface area contributed by atoms with Crippen molar-refractivity contribution in [2.24, 2.45) is 0 Å². The monoisotopic (exact) mass is 302 g/mol. The van der Waals surface area contributed by atoms with Gasteiger partial charge in [-0.25, -0.2) is 12.1 Å². The Kier molecular flexibility index (Phi) is 11.3. The Bertz CT molecular complexity index is 324. The van der Waals surface area contributed by atoms with Crippen LogP contribution in [0, 0.1) is 0 Å². The summed E-state index contributed by atoms with van der Waals surface area (Å²) in [5.74, 6) is 0. The van der Waals surface area contributed by atoms with Crippen molar-refractivity contribution in [3.8, 4) is 0 Å². The first-order chi connectivity index (χ1) is 7.93.